The van der Waals surface area contributed by atoms with Crippen LogP contribution in [0.5, 0.6) is 0 Å². The zero-order chi connectivity index (χ0) is 15.8. The van der Waals surface area contributed by atoms with Gasteiger partial charge in [-0.2, -0.15) is 0 Å². The Morgan fingerprint density at radius 3 is 2.71 bits per heavy atom. The monoisotopic (exact) mass is 326 g/mol. The van der Waals surface area contributed by atoms with Crippen LogP contribution in [0, 0.1) is 0 Å². The van der Waals surface area contributed by atoms with Crippen molar-refractivity contribution in [2.75, 3.05) is 5.32 Å². The van der Waals surface area contributed by atoms with E-state index in [0.717, 1.165) is 11.3 Å². The van der Waals surface area contributed by atoms with E-state index in [1.54, 1.807) is 13.0 Å². The number of benzene rings is 1. The standard InChI is InChI=1S/C15H19ClN2O2S/c1-9(18-21(20)15(2,3)4)12-8-10-7-11(16)5-6-13(10)17-14(12)19/h5-8,14,17,19H,1-4H3/b18-9+/t14?,21-/m0/s1. The topological polar surface area (TPSA) is 67.7 Å². The molecule has 0 fully saturated rings. The molecule has 2 atom stereocenters. The first-order chi connectivity index (χ1) is 9.68. The third-order valence-corrected chi connectivity index (χ3v) is 4.80. The zero-order valence-electron chi connectivity index (χ0n) is 12.5. The summed E-state index contributed by atoms with van der Waals surface area (Å²) in [6.45, 7) is 7.33. The van der Waals surface area contributed by atoms with Crippen molar-refractivity contribution in [1.29, 1.82) is 0 Å². The molecule has 0 spiro atoms. The Labute approximate surface area is 133 Å². The minimum atomic E-state index is -1.36. The predicted molar refractivity (Wildman–Crippen MR) is 90.1 cm³/mol. The molecule has 0 saturated carbocycles. The molecular formula is C15H19ClN2O2S. The lowest BCUT2D eigenvalue weighted by Gasteiger charge is -2.25. The number of anilines is 1. The summed E-state index contributed by atoms with van der Waals surface area (Å²) >= 11 is 4.62. The Morgan fingerprint density at radius 2 is 2.10 bits per heavy atom. The number of aliphatic hydroxyl groups excluding tert-OH is 1. The fourth-order valence-corrected chi connectivity index (χ4v) is 2.68. The molecule has 0 radical (unpaired) electrons. The summed E-state index contributed by atoms with van der Waals surface area (Å²) in [5.41, 5.74) is 2.83. The van der Waals surface area contributed by atoms with Gasteiger partial charge < -0.3 is 15.0 Å². The number of halogens is 1. The average molecular weight is 327 g/mol. The third-order valence-electron chi connectivity index (χ3n) is 3.07. The van der Waals surface area contributed by atoms with E-state index >= 15 is 0 Å². The van der Waals surface area contributed by atoms with Gasteiger partial charge in [-0.3, -0.25) is 0 Å². The highest BCUT2D eigenvalue weighted by Gasteiger charge is 2.28. The fourth-order valence-electron chi connectivity index (χ4n) is 1.87. The summed E-state index contributed by atoms with van der Waals surface area (Å²) in [6, 6.07) is 5.38. The number of nitrogens with zero attached hydrogens (tertiary/aromatic N) is 1. The van der Waals surface area contributed by atoms with E-state index < -0.39 is 22.3 Å². The number of rotatable bonds is 2. The van der Waals surface area contributed by atoms with Crippen LogP contribution in [0.3, 0.4) is 0 Å². The summed E-state index contributed by atoms with van der Waals surface area (Å²) in [4.78, 5) is 0. The summed E-state index contributed by atoms with van der Waals surface area (Å²) in [5, 5.41) is 13.8. The second kappa shape index (κ2) is 6.01. The highest BCUT2D eigenvalue weighted by Crippen LogP contribution is 2.30. The molecule has 2 N–H and O–H groups in total. The van der Waals surface area contributed by atoms with Crippen molar-refractivity contribution >= 4 is 40.4 Å². The van der Waals surface area contributed by atoms with E-state index in [0.29, 0.717) is 16.3 Å². The number of hydrogen-bond donors (Lipinski definition) is 2. The predicted octanol–water partition coefficient (Wildman–Crippen LogP) is 3.39. The maximum Gasteiger partial charge on any atom is 0.152 e. The molecule has 114 valence electrons. The summed E-state index contributed by atoms with van der Waals surface area (Å²) in [7, 11) is 0. The van der Waals surface area contributed by atoms with Gasteiger partial charge in [0.05, 0.1) is 5.71 Å². The Balaban J connectivity index is 2.37. The molecule has 0 amide bonds. The molecular weight excluding hydrogens is 308 g/mol. The van der Waals surface area contributed by atoms with Crippen LogP contribution in [0.25, 0.3) is 6.08 Å². The molecule has 4 nitrogen and oxygen atoms in total. The van der Waals surface area contributed by atoms with E-state index in [9.17, 15) is 9.66 Å². The molecule has 1 aliphatic rings. The molecule has 1 aromatic rings. The first-order valence-corrected chi connectivity index (χ1v) is 8.10. The first kappa shape index (κ1) is 16.4. The Kier molecular flexibility index (Phi) is 4.68. The number of fused-ring (bicyclic) bond motifs is 1. The van der Waals surface area contributed by atoms with Crippen molar-refractivity contribution in [3.63, 3.8) is 0 Å². The van der Waals surface area contributed by atoms with Gasteiger partial charge in [0.25, 0.3) is 0 Å². The van der Waals surface area contributed by atoms with E-state index in [1.165, 1.54) is 0 Å². The summed E-state index contributed by atoms with van der Waals surface area (Å²) < 4.78 is 15.9. The molecule has 2 rings (SSSR count). The Morgan fingerprint density at radius 1 is 1.43 bits per heavy atom. The van der Waals surface area contributed by atoms with Crippen molar-refractivity contribution in [1.82, 2.24) is 0 Å². The smallest absolute Gasteiger partial charge is 0.152 e. The normalized spacial score (nSPS) is 20.4. The van der Waals surface area contributed by atoms with Crippen LogP contribution in [0.2, 0.25) is 5.02 Å². The largest absolute Gasteiger partial charge is 0.591 e. The SMILES string of the molecule is C/C(=N\[S@@+]([O-])C(C)(C)C)C1=Cc2cc(Cl)ccc2NC1O. The molecule has 1 unspecified atom stereocenters. The van der Waals surface area contributed by atoms with Crippen molar-refractivity contribution in [2.45, 2.75) is 38.7 Å². The Hall–Kier alpha value is -1.01. The van der Waals surface area contributed by atoms with Gasteiger partial charge in [-0.05, 0) is 57.5 Å². The van der Waals surface area contributed by atoms with E-state index in [-0.39, 0.29) is 0 Å². The molecule has 1 aliphatic heterocycles. The lowest BCUT2D eigenvalue weighted by atomic mass is 10.0. The molecule has 1 aromatic carbocycles. The molecule has 0 bridgehead atoms. The zero-order valence-corrected chi connectivity index (χ0v) is 14.0. The number of nitrogens with one attached hydrogen (secondary N) is 1. The average Bonchev–Trinajstić information content (AvgIpc) is 2.37. The molecule has 6 heteroatoms. The minimum Gasteiger partial charge on any atom is -0.591 e. The molecule has 0 aliphatic carbocycles. The second-order valence-corrected chi connectivity index (χ2v) is 8.26. The third kappa shape index (κ3) is 3.80. The Bertz CT molecular complexity index is 608. The quantitative estimate of drug-likeness (QED) is 0.646. The van der Waals surface area contributed by atoms with Crippen molar-refractivity contribution in [3.8, 4) is 0 Å². The summed E-state index contributed by atoms with van der Waals surface area (Å²) in [5.74, 6) is 0. The van der Waals surface area contributed by atoms with E-state index in [1.807, 2.05) is 39.0 Å². The van der Waals surface area contributed by atoms with E-state index in [2.05, 4.69) is 9.71 Å². The molecule has 0 saturated heterocycles. The van der Waals surface area contributed by atoms with Gasteiger partial charge in [-0.25, -0.2) is 0 Å². The second-order valence-electron chi connectivity index (χ2n) is 5.92. The van der Waals surface area contributed by atoms with Gasteiger partial charge >= 0.3 is 0 Å². The van der Waals surface area contributed by atoms with Crippen molar-refractivity contribution < 1.29 is 9.66 Å². The lowest BCUT2D eigenvalue weighted by Crippen LogP contribution is -2.31. The van der Waals surface area contributed by atoms with E-state index in [4.69, 9.17) is 11.6 Å². The number of hydrogen-bond acceptors (Lipinski definition) is 4. The van der Waals surface area contributed by atoms with Crippen molar-refractivity contribution in [2.24, 2.45) is 4.40 Å². The summed E-state index contributed by atoms with van der Waals surface area (Å²) in [6.07, 6.45) is 0.945. The number of aliphatic hydroxyl groups is 1. The van der Waals surface area contributed by atoms with Crippen LogP contribution in [0.1, 0.15) is 33.3 Å². The van der Waals surface area contributed by atoms with Crippen LogP contribution >= 0.6 is 11.6 Å². The highest BCUT2D eigenvalue weighted by molar-refractivity contribution is 7.91. The minimum absolute atomic E-state index is 0.434. The van der Waals surface area contributed by atoms with Crippen LogP contribution < -0.4 is 5.32 Å². The van der Waals surface area contributed by atoms with Crippen LogP contribution in [0.4, 0.5) is 5.69 Å². The lowest BCUT2D eigenvalue weighted by molar-refractivity contribution is 0.246. The van der Waals surface area contributed by atoms with Crippen LogP contribution in [0.15, 0.2) is 28.2 Å². The maximum absolute atomic E-state index is 12.1. The highest BCUT2D eigenvalue weighted by atomic mass is 35.5. The molecule has 1 heterocycles. The van der Waals surface area contributed by atoms with Crippen LogP contribution in [-0.2, 0) is 11.4 Å². The van der Waals surface area contributed by atoms with Gasteiger partial charge in [0.15, 0.2) is 6.23 Å². The van der Waals surface area contributed by atoms with Crippen molar-refractivity contribution in [3.05, 3.63) is 34.4 Å². The molecule has 0 aromatic heterocycles. The first-order valence-electron chi connectivity index (χ1n) is 6.62. The van der Waals surface area contributed by atoms with Gasteiger partial charge in [-0.15, -0.1) is 0 Å². The van der Waals surface area contributed by atoms with Gasteiger partial charge in [0.2, 0.25) is 0 Å². The molecule has 21 heavy (non-hydrogen) atoms. The van der Waals surface area contributed by atoms with Gasteiger partial charge in [0.1, 0.15) is 16.1 Å². The van der Waals surface area contributed by atoms with Gasteiger partial charge in [-0.1, -0.05) is 16.0 Å². The van der Waals surface area contributed by atoms with Gasteiger partial charge in [0, 0.05) is 16.3 Å². The maximum atomic E-state index is 12.1. The van der Waals surface area contributed by atoms with Crippen LogP contribution in [-0.4, -0.2) is 26.3 Å². The fraction of sp³-hybridized carbons (Fsp3) is 0.400.